The summed E-state index contributed by atoms with van der Waals surface area (Å²) < 4.78 is 0. The molecule has 3 aromatic rings. The van der Waals surface area contributed by atoms with E-state index in [2.05, 4.69) is 60.3 Å². The van der Waals surface area contributed by atoms with Crippen molar-refractivity contribution in [2.75, 3.05) is 0 Å². The first kappa shape index (κ1) is 18.1. The fourth-order valence-electron chi connectivity index (χ4n) is 2.95. The molecular formula is C22H25N3O. The third kappa shape index (κ3) is 3.74. The van der Waals surface area contributed by atoms with Crippen molar-refractivity contribution in [3.05, 3.63) is 71.0 Å². The van der Waals surface area contributed by atoms with Crippen LogP contribution in [0, 0.1) is 6.92 Å². The standard InChI is InChI=1S/C22H25N3O/c1-14(16-8-10-18(11-9-16)22(3,4)5)25-21(26)19-13-17-7-6-12-23-20(17)24-15(19)2/h6-14H,1-5H3,(H,25,26). The van der Waals surface area contributed by atoms with Gasteiger partial charge in [-0.3, -0.25) is 4.79 Å². The van der Waals surface area contributed by atoms with Gasteiger partial charge in [0.1, 0.15) is 0 Å². The Hall–Kier alpha value is -2.75. The fraction of sp³-hybridized carbons (Fsp3) is 0.318. The van der Waals surface area contributed by atoms with Gasteiger partial charge in [0.15, 0.2) is 5.65 Å². The van der Waals surface area contributed by atoms with Gasteiger partial charge in [-0.05, 0) is 48.6 Å². The molecular weight excluding hydrogens is 322 g/mol. The van der Waals surface area contributed by atoms with E-state index in [9.17, 15) is 4.79 Å². The molecule has 0 saturated heterocycles. The van der Waals surface area contributed by atoms with E-state index < -0.39 is 0 Å². The average molecular weight is 347 g/mol. The number of aryl methyl sites for hydroxylation is 1. The first-order valence-corrected chi connectivity index (χ1v) is 8.89. The first-order valence-electron chi connectivity index (χ1n) is 8.89. The molecule has 4 nitrogen and oxygen atoms in total. The zero-order valence-electron chi connectivity index (χ0n) is 16.0. The molecule has 0 saturated carbocycles. The summed E-state index contributed by atoms with van der Waals surface area (Å²) in [6.07, 6.45) is 1.71. The second-order valence-corrected chi connectivity index (χ2v) is 7.74. The van der Waals surface area contributed by atoms with Crippen molar-refractivity contribution in [3.63, 3.8) is 0 Å². The summed E-state index contributed by atoms with van der Waals surface area (Å²) in [5.41, 5.74) is 4.41. The maximum absolute atomic E-state index is 12.7. The number of carbonyl (C=O) groups is 1. The van der Waals surface area contributed by atoms with Gasteiger partial charge in [0.05, 0.1) is 17.3 Å². The normalized spacial score (nSPS) is 12.8. The molecule has 3 rings (SSSR count). The molecule has 0 spiro atoms. The molecule has 0 bridgehead atoms. The Morgan fingerprint density at radius 1 is 1.12 bits per heavy atom. The minimum Gasteiger partial charge on any atom is -0.345 e. The number of nitrogens with one attached hydrogen (secondary N) is 1. The molecule has 1 amide bonds. The molecule has 1 N–H and O–H groups in total. The van der Waals surface area contributed by atoms with Crippen LogP contribution in [-0.2, 0) is 5.41 Å². The maximum Gasteiger partial charge on any atom is 0.253 e. The molecule has 0 aliphatic carbocycles. The molecule has 0 aliphatic rings. The summed E-state index contributed by atoms with van der Waals surface area (Å²) in [5.74, 6) is -0.117. The average Bonchev–Trinajstić information content (AvgIpc) is 2.60. The van der Waals surface area contributed by atoms with E-state index in [1.807, 2.05) is 32.0 Å². The van der Waals surface area contributed by atoms with Crippen molar-refractivity contribution in [2.45, 2.75) is 46.1 Å². The predicted molar refractivity (Wildman–Crippen MR) is 105 cm³/mol. The quantitative estimate of drug-likeness (QED) is 0.745. The maximum atomic E-state index is 12.7. The lowest BCUT2D eigenvalue weighted by molar-refractivity contribution is 0.0939. The fourth-order valence-corrected chi connectivity index (χ4v) is 2.95. The topological polar surface area (TPSA) is 54.9 Å². The van der Waals surface area contributed by atoms with Crippen LogP contribution in [-0.4, -0.2) is 15.9 Å². The second kappa shape index (κ2) is 6.87. The van der Waals surface area contributed by atoms with Crippen molar-refractivity contribution in [1.82, 2.24) is 15.3 Å². The Bertz CT molecular complexity index is 940. The number of nitrogens with zero attached hydrogens (tertiary/aromatic N) is 2. The lowest BCUT2D eigenvalue weighted by atomic mass is 9.86. The number of hydrogen-bond acceptors (Lipinski definition) is 3. The highest BCUT2D eigenvalue weighted by atomic mass is 16.1. The summed E-state index contributed by atoms with van der Waals surface area (Å²) in [6.45, 7) is 10.4. The van der Waals surface area contributed by atoms with Crippen LogP contribution in [0.5, 0.6) is 0 Å². The van der Waals surface area contributed by atoms with Gasteiger partial charge in [0, 0.05) is 11.6 Å². The Morgan fingerprint density at radius 3 is 2.46 bits per heavy atom. The van der Waals surface area contributed by atoms with E-state index in [0.29, 0.717) is 16.9 Å². The van der Waals surface area contributed by atoms with E-state index >= 15 is 0 Å². The molecule has 2 heterocycles. The number of benzene rings is 1. The lowest BCUT2D eigenvalue weighted by Gasteiger charge is -2.21. The van der Waals surface area contributed by atoms with Gasteiger partial charge in [-0.2, -0.15) is 0 Å². The molecule has 1 atom stereocenters. The summed E-state index contributed by atoms with van der Waals surface area (Å²) in [4.78, 5) is 21.4. The minimum absolute atomic E-state index is 0.0829. The Labute approximate surface area is 154 Å². The zero-order chi connectivity index (χ0) is 18.9. The van der Waals surface area contributed by atoms with Gasteiger partial charge in [0.25, 0.3) is 5.91 Å². The SMILES string of the molecule is Cc1nc2ncccc2cc1C(=O)NC(C)c1ccc(C(C)(C)C)cc1. The monoisotopic (exact) mass is 347 g/mol. The van der Waals surface area contributed by atoms with Crippen LogP contribution in [0.25, 0.3) is 11.0 Å². The van der Waals surface area contributed by atoms with Crippen LogP contribution >= 0.6 is 0 Å². The molecule has 26 heavy (non-hydrogen) atoms. The number of aromatic nitrogens is 2. The predicted octanol–water partition coefficient (Wildman–Crippen LogP) is 4.73. The number of rotatable bonds is 3. The van der Waals surface area contributed by atoms with Crippen molar-refractivity contribution >= 4 is 16.9 Å². The van der Waals surface area contributed by atoms with Gasteiger partial charge in [-0.1, -0.05) is 45.0 Å². The van der Waals surface area contributed by atoms with Gasteiger partial charge in [-0.15, -0.1) is 0 Å². The molecule has 134 valence electrons. The van der Waals surface area contributed by atoms with Crippen molar-refractivity contribution in [2.24, 2.45) is 0 Å². The number of hydrogen-bond donors (Lipinski definition) is 1. The third-order valence-electron chi connectivity index (χ3n) is 4.65. The van der Waals surface area contributed by atoms with E-state index in [-0.39, 0.29) is 17.4 Å². The number of pyridine rings is 2. The number of fused-ring (bicyclic) bond motifs is 1. The van der Waals surface area contributed by atoms with Crippen LogP contribution < -0.4 is 5.32 Å². The highest BCUT2D eigenvalue weighted by molar-refractivity contribution is 5.98. The number of carbonyl (C=O) groups excluding carboxylic acids is 1. The van der Waals surface area contributed by atoms with Gasteiger partial charge in [-0.25, -0.2) is 9.97 Å². The van der Waals surface area contributed by atoms with Gasteiger partial charge < -0.3 is 5.32 Å². The first-order chi connectivity index (χ1) is 12.3. The largest absolute Gasteiger partial charge is 0.345 e. The molecule has 2 aromatic heterocycles. The van der Waals surface area contributed by atoms with E-state index in [0.717, 1.165) is 10.9 Å². The van der Waals surface area contributed by atoms with E-state index in [4.69, 9.17) is 0 Å². The zero-order valence-corrected chi connectivity index (χ0v) is 16.0. The summed E-state index contributed by atoms with van der Waals surface area (Å²) >= 11 is 0. The van der Waals surface area contributed by atoms with Crippen LogP contribution in [0.3, 0.4) is 0 Å². The van der Waals surface area contributed by atoms with Crippen LogP contribution in [0.15, 0.2) is 48.7 Å². The molecule has 1 unspecified atom stereocenters. The third-order valence-corrected chi connectivity index (χ3v) is 4.65. The van der Waals surface area contributed by atoms with Gasteiger partial charge in [0.2, 0.25) is 0 Å². The Kier molecular flexibility index (Phi) is 4.77. The molecule has 0 fully saturated rings. The smallest absolute Gasteiger partial charge is 0.253 e. The summed E-state index contributed by atoms with van der Waals surface area (Å²) in [5, 5.41) is 3.94. The minimum atomic E-state index is -0.117. The summed E-state index contributed by atoms with van der Waals surface area (Å²) in [7, 11) is 0. The van der Waals surface area contributed by atoms with Crippen LogP contribution in [0.4, 0.5) is 0 Å². The Morgan fingerprint density at radius 2 is 1.81 bits per heavy atom. The van der Waals surface area contributed by atoms with E-state index in [1.165, 1.54) is 5.56 Å². The summed E-state index contributed by atoms with van der Waals surface area (Å²) in [6, 6.07) is 14.0. The van der Waals surface area contributed by atoms with Crippen LogP contribution in [0.2, 0.25) is 0 Å². The molecule has 4 heteroatoms. The van der Waals surface area contributed by atoms with Crippen LogP contribution in [0.1, 0.15) is 60.9 Å². The van der Waals surface area contributed by atoms with Crippen molar-refractivity contribution < 1.29 is 4.79 Å². The van der Waals surface area contributed by atoms with Gasteiger partial charge >= 0.3 is 0 Å². The Balaban J connectivity index is 1.80. The second-order valence-electron chi connectivity index (χ2n) is 7.74. The van der Waals surface area contributed by atoms with E-state index in [1.54, 1.807) is 6.20 Å². The van der Waals surface area contributed by atoms with Crippen molar-refractivity contribution in [3.8, 4) is 0 Å². The highest BCUT2D eigenvalue weighted by Crippen LogP contribution is 2.24. The lowest BCUT2D eigenvalue weighted by Crippen LogP contribution is -2.27. The molecule has 0 radical (unpaired) electrons. The molecule has 1 aromatic carbocycles. The number of amides is 1. The van der Waals surface area contributed by atoms with Crippen molar-refractivity contribution in [1.29, 1.82) is 0 Å². The highest BCUT2D eigenvalue weighted by Gasteiger charge is 2.17. The molecule has 0 aliphatic heterocycles.